The Kier molecular flexibility index (Phi) is 10.2. The van der Waals surface area contributed by atoms with Crippen LogP contribution >= 0.6 is 0 Å². The average Bonchev–Trinajstić information content (AvgIpc) is 2.34. The number of unbranched alkanes of at least 4 members (excludes halogenated alkanes) is 2. The highest BCUT2D eigenvalue weighted by atomic mass is 16.6. The molecule has 0 saturated carbocycles. The van der Waals surface area contributed by atoms with Crippen LogP contribution in [0.4, 0.5) is 0 Å². The summed E-state index contributed by atoms with van der Waals surface area (Å²) in [6.07, 6.45) is 4.13. The molecule has 0 aromatic carbocycles. The van der Waals surface area contributed by atoms with Crippen molar-refractivity contribution in [3.63, 3.8) is 0 Å². The van der Waals surface area contributed by atoms with E-state index in [0.29, 0.717) is 13.0 Å². The van der Waals surface area contributed by atoms with E-state index in [2.05, 4.69) is 11.3 Å². The molecule has 0 unspecified atom stereocenters. The fourth-order valence-electron chi connectivity index (χ4n) is 1.12. The zero-order chi connectivity index (χ0) is 12.9. The molecule has 0 fully saturated rings. The molecule has 0 rings (SSSR count). The zero-order valence-corrected chi connectivity index (χ0v) is 10.3. The molecule has 0 radical (unpaired) electrons. The normalized spacial score (nSPS) is 9.71. The third-order valence-corrected chi connectivity index (χ3v) is 1.99. The molecule has 0 aliphatic carbocycles. The van der Waals surface area contributed by atoms with Crippen LogP contribution in [-0.2, 0) is 23.8 Å². The van der Waals surface area contributed by atoms with Gasteiger partial charge in [0.05, 0.1) is 0 Å². The molecule has 0 aromatic rings. The topological polar surface area (TPSA) is 61.8 Å². The first kappa shape index (κ1) is 15.6. The number of esters is 2. The minimum Gasteiger partial charge on any atom is -0.462 e. The Labute approximate surface area is 102 Å². The van der Waals surface area contributed by atoms with Crippen LogP contribution in [0.25, 0.3) is 0 Å². The Balaban J connectivity index is 3.29. The van der Waals surface area contributed by atoms with Crippen molar-refractivity contribution in [2.45, 2.75) is 25.7 Å². The predicted octanol–water partition coefficient (Wildman–Crippen LogP) is 1.47. The maximum absolute atomic E-state index is 11.2. The van der Waals surface area contributed by atoms with E-state index in [-0.39, 0.29) is 19.2 Å². The number of methoxy groups -OCH3 is 1. The van der Waals surface area contributed by atoms with Gasteiger partial charge in [-0.05, 0) is 12.8 Å². The summed E-state index contributed by atoms with van der Waals surface area (Å²) < 4.78 is 14.4. The summed E-state index contributed by atoms with van der Waals surface area (Å²) in [5.41, 5.74) is 0. The van der Waals surface area contributed by atoms with Gasteiger partial charge in [-0.15, -0.1) is 0 Å². The molecule has 0 aliphatic rings. The summed E-state index contributed by atoms with van der Waals surface area (Å²) >= 11 is 0. The molecule has 0 N–H and O–H groups in total. The Morgan fingerprint density at radius 2 is 1.76 bits per heavy atom. The maximum atomic E-state index is 11.2. The van der Waals surface area contributed by atoms with E-state index >= 15 is 0 Å². The van der Waals surface area contributed by atoms with Crippen molar-refractivity contribution in [1.29, 1.82) is 0 Å². The standard InChI is InChI=1S/C12H20O5/c1-3-11(13)16-9-10-17-12(14)7-5-4-6-8-15-2/h3H,1,4-10H2,2H3. The third-order valence-electron chi connectivity index (χ3n) is 1.99. The van der Waals surface area contributed by atoms with Crippen molar-refractivity contribution >= 4 is 11.9 Å². The summed E-state index contributed by atoms with van der Waals surface area (Å²) in [5, 5.41) is 0. The molecule has 5 heteroatoms. The SMILES string of the molecule is C=CC(=O)OCCOC(=O)CCCCCOC. The molecule has 0 bridgehead atoms. The predicted molar refractivity (Wildman–Crippen MR) is 62.5 cm³/mol. The smallest absolute Gasteiger partial charge is 0.330 e. The van der Waals surface area contributed by atoms with Gasteiger partial charge in [0.2, 0.25) is 0 Å². The fourth-order valence-corrected chi connectivity index (χ4v) is 1.12. The zero-order valence-electron chi connectivity index (χ0n) is 10.3. The van der Waals surface area contributed by atoms with Crippen LogP contribution in [-0.4, -0.2) is 38.9 Å². The van der Waals surface area contributed by atoms with E-state index in [1.165, 1.54) is 0 Å². The lowest BCUT2D eigenvalue weighted by Gasteiger charge is -2.05. The molecule has 98 valence electrons. The van der Waals surface area contributed by atoms with Crippen LogP contribution in [0.1, 0.15) is 25.7 Å². The van der Waals surface area contributed by atoms with Crippen LogP contribution in [0.2, 0.25) is 0 Å². The Bertz CT molecular complexity index is 237. The molecule has 5 nitrogen and oxygen atoms in total. The molecule has 0 spiro atoms. The molecule has 0 saturated heterocycles. The number of ether oxygens (including phenoxy) is 3. The summed E-state index contributed by atoms with van der Waals surface area (Å²) in [6.45, 7) is 4.13. The van der Waals surface area contributed by atoms with Crippen LogP contribution in [0, 0.1) is 0 Å². The highest BCUT2D eigenvalue weighted by molar-refractivity contribution is 5.81. The van der Waals surface area contributed by atoms with Gasteiger partial charge in [0.1, 0.15) is 13.2 Å². The van der Waals surface area contributed by atoms with Gasteiger partial charge in [-0.2, -0.15) is 0 Å². The first-order valence-electron chi connectivity index (χ1n) is 5.64. The molecular formula is C12H20O5. The maximum Gasteiger partial charge on any atom is 0.330 e. The summed E-state index contributed by atoms with van der Waals surface area (Å²) in [6, 6.07) is 0. The van der Waals surface area contributed by atoms with Gasteiger partial charge in [0.15, 0.2) is 0 Å². The second-order valence-corrected chi connectivity index (χ2v) is 3.40. The minimum absolute atomic E-state index is 0.0697. The lowest BCUT2D eigenvalue weighted by Crippen LogP contribution is -2.12. The lowest BCUT2D eigenvalue weighted by atomic mass is 10.2. The molecule has 0 aliphatic heterocycles. The van der Waals surface area contributed by atoms with E-state index in [0.717, 1.165) is 25.3 Å². The number of rotatable bonds is 10. The first-order chi connectivity index (χ1) is 8.20. The lowest BCUT2D eigenvalue weighted by molar-refractivity contribution is -0.149. The Hall–Kier alpha value is -1.36. The fraction of sp³-hybridized carbons (Fsp3) is 0.667. The van der Waals surface area contributed by atoms with E-state index in [9.17, 15) is 9.59 Å². The van der Waals surface area contributed by atoms with Crippen LogP contribution in [0.15, 0.2) is 12.7 Å². The minimum atomic E-state index is -0.513. The average molecular weight is 244 g/mol. The number of hydrogen-bond acceptors (Lipinski definition) is 5. The van der Waals surface area contributed by atoms with Gasteiger partial charge in [-0.25, -0.2) is 4.79 Å². The number of carbonyl (C=O) groups is 2. The third kappa shape index (κ3) is 10.9. The summed E-state index contributed by atoms with van der Waals surface area (Å²) in [7, 11) is 1.65. The van der Waals surface area contributed by atoms with Crippen molar-refractivity contribution in [1.82, 2.24) is 0 Å². The van der Waals surface area contributed by atoms with Crippen LogP contribution in [0.5, 0.6) is 0 Å². The molecule has 17 heavy (non-hydrogen) atoms. The van der Waals surface area contributed by atoms with E-state index in [1.807, 2.05) is 0 Å². The quantitative estimate of drug-likeness (QED) is 0.331. The van der Waals surface area contributed by atoms with Crippen LogP contribution in [0.3, 0.4) is 0 Å². The number of hydrogen-bond donors (Lipinski definition) is 0. The van der Waals surface area contributed by atoms with Crippen molar-refractivity contribution in [3.8, 4) is 0 Å². The van der Waals surface area contributed by atoms with Crippen LogP contribution < -0.4 is 0 Å². The van der Waals surface area contributed by atoms with Crippen molar-refractivity contribution < 1.29 is 23.8 Å². The largest absolute Gasteiger partial charge is 0.462 e. The van der Waals surface area contributed by atoms with Gasteiger partial charge >= 0.3 is 11.9 Å². The molecule has 0 atom stereocenters. The van der Waals surface area contributed by atoms with E-state index in [1.54, 1.807) is 7.11 Å². The molecule has 0 aromatic heterocycles. The first-order valence-corrected chi connectivity index (χ1v) is 5.64. The molecular weight excluding hydrogens is 224 g/mol. The van der Waals surface area contributed by atoms with Crippen molar-refractivity contribution in [2.75, 3.05) is 26.9 Å². The second-order valence-electron chi connectivity index (χ2n) is 3.40. The van der Waals surface area contributed by atoms with Gasteiger partial charge < -0.3 is 14.2 Å². The van der Waals surface area contributed by atoms with E-state index in [4.69, 9.17) is 9.47 Å². The van der Waals surface area contributed by atoms with Gasteiger partial charge in [0, 0.05) is 26.2 Å². The molecule has 0 amide bonds. The van der Waals surface area contributed by atoms with Gasteiger partial charge in [-0.3, -0.25) is 4.79 Å². The highest BCUT2D eigenvalue weighted by Gasteiger charge is 2.03. The highest BCUT2D eigenvalue weighted by Crippen LogP contribution is 2.01. The monoisotopic (exact) mass is 244 g/mol. The Morgan fingerprint density at radius 1 is 1.06 bits per heavy atom. The molecule has 0 heterocycles. The summed E-state index contributed by atoms with van der Waals surface area (Å²) in [4.78, 5) is 21.8. The van der Waals surface area contributed by atoms with Gasteiger partial charge in [0.25, 0.3) is 0 Å². The summed E-state index contributed by atoms with van der Waals surface area (Å²) in [5.74, 6) is -0.780. The van der Waals surface area contributed by atoms with Crippen molar-refractivity contribution in [3.05, 3.63) is 12.7 Å². The number of carbonyl (C=O) groups excluding carboxylic acids is 2. The van der Waals surface area contributed by atoms with Crippen molar-refractivity contribution in [2.24, 2.45) is 0 Å². The second kappa shape index (κ2) is 11.1. The Morgan fingerprint density at radius 3 is 2.41 bits per heavy atom. The van der Waals surface area contributed by atoms with E-state index < -0.39 is 5.97 Å². The van der Waals surface area contributed by atoms with Gasteiger partial charge in [-0.1, -0.05) is 13.0 Å².